The normalized spacial score (nSPS) is 10.8. The smallest absolute Gasteiger partial charge is 0.254 e. The van der Waals surface area contributed by atoms with E-state index < -0.39 is 0 Å². The minimum atomic E-state index is -0.163. The summed E-state index contributed by atoms with van der Waals surface area (Å²) >= 11 is 1.54. The molecule has 0 spiro atoms. The maximum absolute atomic E-state index is 12.2. The first-order valence-corrected chi connectivity index (χ1v) is 8.51. The molecule has 0 aliphatic heterocycles. The number of nitrogens with zero attached hydrogens (tertiary/aromatic N) is 1. The van der Waals surface area contributed by atoms with Crippen molar-refractivity contribution < 1.29 is 14.3 Å². The second-order valence-corrected chi connectivity index (χ2v) is 6.49. The fourth-order valence-corrected chi connectivity index (χ4v) is 2.90. The minimum Gasteiger partial charge on any atom is -0.462 e. The molecule has 2 aromatic heterocycles. The monoisotopic (exact) mass is 342 g/mol. The van der Waals surface area contributed by atoms with E-state index in [1.165, 1.54) is 6.26 Å². The number of aliphatic hydroxyl groups excluding tert-OH is 1. The molecule has 0 aliphatic carbocycles. The van der Waals surface area contributed by atoms with E-state index in [1.807, 2.05) is 36.6 Å². The molecule has 2 heterocycles. The average Bonchev–Trinajstić information content (AvgIpc) is 3.24. The van der Waals surface area contributed by atoms with Gasteiger partial charge in [0.1, 0.15) is 12.0 Å². The molecule has 3 aromatic rings. The van der Waals surface area contributed by atoms with Crippen molar-refractivity contribution in [3.63, 3.8) is 0 Å². The van der Waals surface area contributed by atoms with Crippen molar-refractivity contribution in [2.75, 3.05) is 6.54 Å². The van der Waals surface area contributed by atoms with Gasteiger partial charge < -0.3 is 14.8 Å². The summed E-state index contributed by atoms with van der Waals surface area (Å²) in [6, 6.07) is 9.39. The van der Waals surface area contributed by atoms with Crippen LogP contribution in [0.25, 0.3) is 11.5 Å². The fraction of sp³-hybridized carbons (Fsp3) is 0.222. The van der Waals surface area contributed by atoms with Gasteiger partial charge in [-0.3, -0.25) is 4.79 Å². The summed E-state index contributed by atoms with van der Waals surface area (Å²) < 4.78 is 5.43. The molecular weight excluding hydrogens is 324 g/mol. The molecule has 0 unspecified atom stereocenters. The Hall–Kier alpha value is -2.44. The molecular formula is C18H18N2O3S. The van der Waals surface area contributed by atoms with Crippen molar-refractivity contribution in [2.24, 2.45) is 0 Å². The van der Waals surface area contributed by atoms with Crippen molar-refractivity contribution >= 4 is 17.2 Å². The summed E-state index contributed by atoms with van der Waals surface area (Å²) in [5.41, 5.74) is 3.23. The summed E-state index contributed by atoms with van der Waals surface area (Å²) in [6.07, 6.45) is 2.18. The highest BCUT2D eigenvalue weighted by atomic mass is 32.1. The number of rotatable bonds is 6. The first-order chi connectivity index (χ1) is 11.7. The maximum atomic E-state index is 12.2. The van der Waals surface area contributed by atoms with Gasteiger partial charge in [0.25, 0.3) is 5.91 Å². The van der Waals surface area contributed by atoms with Gasteiger partial charge in [-0.2, -0.15) is 0 Å². The van der Waals surface area contributed by atoms with E-state index in [9.17, 15) is 4.79 Å². The zero-order chi connectivity index (χ0) is 16.9. The van der Waals surface area contributed by atoms with E-state index in [1.54, 1.807) is 17.4 Å². The molecule has 0 saturated heterocycles. The van der Waals surface area contributed by atoms with E-state index in [0.29, 0.717) is 17.9 Å². The third-order valence-corrected chi connectivity index (χ3v) is 4.41. The summed E-state index contributed by atoms with van der Waals surface area (Å²) in [4.78, 5) is 16.5. The van der Waals surface area contributed by atoms with Gasteiger partial charge in [-0.25, -0.2) is 4.98 Å². The van der Waals surface area contributed by atoms with Crippen LogP contribution in [0.5, 0.6) is 0 Å². The number of thiazole rings is 1. The van der Waals surface area contributed by atoms with Crippen LogP contribution in [0, 0.1) is 6.92 Å². The Bertz CT molecular complexity index is 821. The number of aromatic nitrogens is 1. The van der Waals surface area contributed by atoms with E-state index in [4.69, 9.17) is 9.52 Å². The number of carbonyl (C=O) groups excluding carboxylic acids is 1. The summed E-state index contributed by atoms with van der Waals surface area (Å²) in [5.74, 6) is 0.438. The second kappa shape index (κ2) is 7.42. The van der Waals surface area contributed by atoms with Gasteiger partial charge >= 0.3 is 0 Å². The van der Waals surface area contributed by atoms with Gasteiger partial charge in [-0.15, -0.1) is 11.3 Å². The molecule has 0 fully saturated rings. The Morgan fingerprint density at radius 3 is 2.71 bits per heavy atom. The van der Waals surface area contributed by atoms with Crippen molar-refractivity contribution in [1.29, 1.82) is 0 Å². The molecule has 0 radical (unpaired) electrons. The number of carbonyl (C=O) groups is 1. The molecule has 0 bridgehead atoms. The van der Waals surface area contributed by atoms with Crippen LogP contribution in [0.2, 0.25) is 0 Å². The second-order valence-electron chi connectivity index (χ2n) is 5.43. The number of benzene rings is 1. The lowest BCUT2D eigenvalue weighted by Gasteiger charge is -2.04. The molecule has 0 saturated carbocycles. The quantitative estimate of drug-likeness (QED) is 0.721. The number of amides is 1. The molecule has 0 aliphatic rings. The van der Waals surface area contributed by atoms with Crippen LogP contribution in [-0.2, 0) is 13.0 Å². The van der Waals surface area contributed by atoms with Crippen LogP contribution in [0.4, 0.5) is 0 Å². The van der Waals surface area contributed by atoms with Crippen LogP contribution in [-0.4, -0.2) is 22.5 Å². The zero-order valence-electron chi connectivity index (χ0n) is 13.3. The standard InChI is InChI=1S/C18H18N2O3S/c1-12-20-16(11-24-12)17-8-15(10-23-17)18(22)19-7-6-13-2-4-14(9-21)5-3-13/h2-5,8,10-11,21H,6-7,9H2,1H3,(H,19,22). The Kier molecular flexibility index (Phi) is 5.08. The van der Waals surface area contributed by atoms with Gasteiger partial charge in [0.2, 0.25) is 0 Å². The molecule has 3 rings (SSSR count). The molecule has 1 aromatic carbocycles. The predicted molar refractivity (Wildman–Crippen MR) is 93.0 cm³/mol. The molecule has 0 atom stereocenters. The largest absolute Gasteiger partial charge is 0.462 e. The lowest BCUT2D eigenvalue weighted by atomic mass is 10.1. The molecule has 2 N–H and O–H groups in total. The number of nitrogens with one attached hydrogen (secondary N) is 1. The lowest BCUT2D eigenvalue weighted by molar-refractivity contribution is 0.0953. The Morgan fingerprint density at radius 2 is 2.04 bits per heavy atom. The van der Waals surface area contributed by atoms with E-state index in [0.717, 1.165) is 28.2 Å². The molecule has 24 heavy (non-hydrogen) atoms. The third kappa shape index (κ3) is 3.90. The van der Waals surface area contributed by atoms with Crippen molar-refractivity contribution in [2.45, 2.75) is 20.0 Å². The van der Waals surface area contributed by atoms with Crippen LogP contribution in [0.3, 0.4) is 0 Å². The number of hydrogen-bond donors (Lipinski definition) is 2. The fourth-order valence-electron chi connectivity index (χ4n) is 2.30. The highest BCUT2D eigenvalue weighted by Crippen LogP contribution is 2.23. The number of hydrogen-bond acceptors (Lipinski definition) is 5. The maximum Gasteiger partial charge on any atom is 0.254 e. The number of aliphatic hydroxyl groups is 1. The highest BCUT2D eigenvalue weighted by molar-refractivity contribution is 7.09. The summed E-state index contributed by atoms with van der Waals surface area (Å²) in [7, 11) is 0. The lowest BCUT2D eigenvalue weighted by Crippen LogP contribution is -2.25. The van der Waals surface area contributed by atoms with Crippen molar-refractivity contribution in [3.05, 3.63) is 63.7 Å². The van der Waals surface area contributed by atoms with Crippen molar-refractivity contribution in [3.8, 4) is 11.5 Å². The number of aryl methyl sites for hydroxylation is 1. The van der Waals surface area contributed by atoms with Crippen LogP contribution in [0.15, 0.2) is 46.4 Å². The average molecular weight is 342 g/mol. The molecule has 6 heteroatoms. The van der Waals surface area contributed by atoms with Crippen LogP contribution < -0.4 is 5.32 Å². The highest BCUT2D eigenvalue weighted by Gasteiger charge is 2.12. The molecule has 5 nitrogen and oxygen atoms in total. The van der Waals surface area contributed by atoms with Gasteiger partial charge in [0.05, 0.1) is 17.2 Å². The SMILES string of the molecule is Cc1nc(-c2cc(C(=O)NCCc3ccc(CO)cc3)co2)cs1. The van der Waals surface area contributed by atoms with E-state index >= 15 is 0 Å². The first kappa shape index (κ1) is 16.4. The zero-order valence-corrected chi connectivity index (χ0v) is 14.1. The van der Waals surface area contributed by atoms with Crippen molar-refractivity contribution in [1.82, 2.24) is 10.3 Å². The number of furan rings is 1. The van der Waals surface area contributed by atoms with Gasteiger partial charge in [-0.1, -0.05) is 24.3 Å². The summed E-state index contributed by atoms with van der Waals surface area (Å²) in [5, 5.41) is 14.8. The molecule has 1 amide bonds. The Balaban J connectivity index is 1.54. The van der Waals surface area contributed by atoms with Gasteiger partial charge in [0.15, 0.2) is 5.76 Å². The Labute approximate surface area is 144 Å². The first-order valence-electron chi connectivity index (χ1n) is 7.63. The topological polar surface area (TPSA) is 75.4 Å². The Morgan fingerprint density at radius 1 is 1.29 bits per heavy atom. The van der Waals surface area contributed by atoms with Gasteiger partial charge in [-0.05, 0) is 30.5 Å². The minimum absolute atomic E-state index is 0.0400. The van der Waals surface area contributed by atoms with Crippen LogP contribution >= 0.6 is 11.3 Å². The van der Waals surface area contributed by atoms with E-state index in [2.05, 4.69) is 10.3 Å². The van der Waals surface area contributed by atoms with Gasteiger partial charge in [0, 0.05) is 11.9 Å². The molecule has 124 valence electrons. The van der Waals surface area contributed by atoms with Crippen LogP contribution in [0.1, 0.15) is 26.5 Å². The van der Waals surface area contributed by atoms with E-state index in [-0.39, 0.29) is 12.5 Å². The predicted octanol–water partition coefficient (Wildman–Crippen LogP) is 3.18. The third-order valence-electron chi connectivity index (χ3n) is 3.64. The summed E-state index contributed by atoms with van der Waals surface area (Å²) in [6.45, 7) is 2.50.